The predicted molar refractivity (Wildman–Crippen MR) is 101 cm³/mol. The number of ether oxygens (including phenoxy) is 1. The summed E-state index contributed by atoms with van der Waals surface area (Å²) in [4.78, 5) is 21.7. The zero-order chi connectivity index (χ0) is 15.9. The van der Waals surface area contributed by atoms with E-state index in [0.717, 1.165) is 35.9 Å². The first-order valence-corrected chi connectivity index (χ1v) is 9.20. The van der Waals surface area contributed by atoms with Gasteiger partial charge >= 0.3 is 11.9 Å². The smallest absolute Gasteiger partial charge is 0.325 e. The van der Waals surface area contributed by atoms with Crippen LogP contribution >= 0.6 is 48.3 Å². The molecule has 0 radical (unpaired) electrons. The summed E-state index contributed by atoms with van der Waals surface area (Å²) in [7, 11) is 1.39. The Bertz CT molecular complexity index is 377. The molecule has 138 valence electrons. The fourth-order valence-electron chi connectivity index (χ4n) is 2.09. The molecule has 0 unspecified atom stereocenters. The molecule has 0 spiro atoms. The number of methoxy groups -OCH3 is 1. The number of halogens is 2. The molecular weight excluding hydrogens is 383 g/mol. The molecule has 0 atom stereocenters. The first kappa shape index (κ1) is 25.4. The largest absolute Gasteiger partial charge is 0.480 e. The minimum Gasteiger partial charge on any atom is -0.480 e. The molecule has 0 amide bonds. The highest BCUT2D eigenvalue weighted by atomic mass is 35.5. The van der Waals surface area contributed by atoms with Gasteiger partial charge in [0.2, 0.25) is 0 Å². The normalized spacial score (nSPS) is 21.3. The van der Waals surface area contributed by atoms with E-state index in [1.54, 1.807) is 11.8 Å². The van der Waals surface area contributed by atoms with Crippen molar-refractivity contribution in [2.45, 2.75) is 36.8 Å². The Hall–Kier alpha value is 0.140. The number of thioether (sulfide) groups is 2. The maximum atomic E-state index is 11.1. The molecule has 2 heterocycles. The van der Waals surface area contributed by atoms with Gasteiger partial charge in [-0.05, 0) is 48.7 Å². The van der Waals surface area contributed by atoms with Crippen molar-refractivity contribution in [3.05, 3.63) is 0 Å². The summed E-state index contributed by atoms with van der Waals surface area (Å²) in [5, 5.41) is 8.66. The van der Waals surface area contributed by atoms with Crippen LogP contribution in [0.4, 0.5) is 0 Å². The van der Waals surface area contributed by atoms with E-state index in [-0.39, 0.29) is 30.8 Å². The van der Waals surface area contributed by atoms with Gasteiger partial charge in [-0.1, -0.05) is 0 Å². The van der Waals surface area contributed by atoms with E-state index >= 15 is 0 Å². The molecule has 5 N–H and O–H groups in total. The number of aliphatic carboxylic acids is 1. The fourth-order valence-corrected chi connectivity index (χ4v) is 4.54. The molecule has 0 aromatic heterocycles. The number of hydrogen-bond acceptors (Lipinski definition) is 7. The van der Waals surface area contributed by atoms with Crippen molar-refractivity contribution < 1.29 is 19.4 Å². The average molecular weight is 409 g/mol. The topological polar surface area (TPSA) is 116 Å². The lowest BCUT2D eigenvalue weighted by Gasteiger charge is -2.29. The van der Waals surface area contributed by atoms with Crippen LogP contribution in [0.25, 0.3) is 0 Å². The van der Waals surface area contributed by atoms with E-state index in [1.807, 2.05) is 11.8 Å². The monoisotopic (exact) mass is 408 g/mol. The highest BCUT2D eigenvalue weighted by Gasteiger charge is 2.36. The van der Waals surface area contributed by atoms with Crippen LogP contribution in [-0.4, -0.2) is 58.2 Å². The summed E-state index contributed by atoms with van der Waals surface area (Å²) in [6.07, 6.45) is 2.69. The highest BCUT2D eigenvalue weighted by molar-refractivity contribution is 7.99. The van der Waals surface area contributed by atoms with Gasteiger partial charge in [0.1, 0.15) is 11.1 Å². The molecule has 10 heteroatoms. The molecule has 2 aliphatic rings. The molecule has 6 nitrogen and oxygen atoms in total. The lowest BCUT2D eigenvalue weighted by molar-refractivity contribution is -0.147. The van der Waals surface area contributed by atoms with Gasteiger partial charge in [-0.25, -0.2) is 0 Å². The van der Waals surface area contributed by atoms with Crippen molar-refractivity contribution in [3.63, 3.8) is 0 Å². The zero-order valence-corrected chi connectivity index (χ0v) is 16.4. The van der Waals surface area contributed by atoms with Crippen molar-refractivity contribution in [1.82, 2.24) is 0 Å². The predicted octanol–water partition coefficient (Wildman–Crippen LogP) is 1.52. The molecule has 2 fully saturated rings. The Morgan fingerprint density at radius 3 is 1.52 bits per heavy atom. The number of carboxylic acids is 1. The maximum absolute atomic E-state index is 11.1. The van der Waals surface area contributed by atoms with E-state index in [4.69, 9.17) is 16.6 Å². The lowest BCUT2D eigenvalue weighted by Crippen LogP contribution is -2.51. The lowest BCUT2D eigenvalue weighted by atomic mass is 9.94. The molecule has 2 rings (SSSR count). The number of rotatable bonds is 2. The fraction of sp³-hybridized carbons (Fsp3) is 0.846. The van der Waals surface area contributed by atoms with Gasteiger partial charge in [-0.15, -0.1) is 24.8 Å². The number of esters is 1. The minimum absolute atomic E-state index is 0. The number of hydrogen-bond donors (Lipinski definition) is 3. The third-order valence-electron chi connectivity index (χ3n) is 3.79. The molecule has 2 aliphatic heterocycles. The third kappa shape index (κ3) is 7.70. The summed E-state index contributed by atoms with van der Waals surface area (Å²) in [5.74, 6) is 2.56. The molecule has 0 bridgehead atoms. The second-order valence-electron chi connectivity index (χ2n) is 5.33. The van der Waals surface area contributed by atoms with E-state index in [9.17, 15) is 9.59 Å². The number of carbonyl (C=O) groups excluding carboxylic acids is 1. The Labute approximate surface area is 158 Å². The van der Waals surface area contributed by atoms with Crippen LogP contribution in [0.5, 0.6) is 0 Å². The van der Waals surface area contributed by atoms with Gasteiger partial charge < -0.3 is 21.3 Å². The molecular formula is C13H26Cl2N2O4S2. The molecule has 0 aromatic rings. The van der Waals surface area contributed by atoms with Crippen LogP contribution in [0.2, 0.25) is 0 Å². The van der Waals surface area contributed by atoms with Gasteiger partial charge in [0.05, 0.1) is 7.11 Å². The van der Waals surface area contributed by atoms with Gasteiger partial charge in [0.15, 0.2) is 0 Å². The number of carboxylic acid groups (broad SMARTS) is 1. The van der Waals surface area contributed by atoms with E-state index in [0.29, 0.717) is 12.8 Å². The first-order chi connectivity index (χ1) is 9.84. The summed E-state index contributed by atoms with van der Waals surface area (Å²) in [6.45, 7) is 0. The third-order valence-corrected chi connectivity index (χ3v) is 5.76. The molecule has 23 heavy (non-hydrogen) atoms. The average Bonchev–Trinajstić information content (AvgIpc) is 2.48. The van der Waals surface area contributed by atoms with Crippen LogP contribution in [0.15, 0.2) is 0 Å². The maximum Gasteiger partial charge on any atom is 0.325 e. The van der Waals surface area contributed by atoms with Gasteiger partial charge in [-0.3, -0.25) is 9.59 Å². The van der Waals surface area contributed by atoms with Crippen LogP contribution in [-0.2, 0) is 14.3 Å². The minimum atomic E-state index is -0.925. The second-order valence-corrected chi connectivity index (χ2v) is 7.78. The summed E-state index contributed by atoms with van der Waals surface area (Å²) in [6, 6.07) is 0. The van der Waals surface area contributed by atoms with Crippen molar-refractivity contribution in [3.8, 4) is 0 Å². The van der Waals surface area contributed by atoms with E-state index in [2.05, 4.69) is 4.74 Å². The molecule has 0 saturated carbocycles. The Kier molecular flexibility index (Phi) is 12.9. The second kappa shape index (κ2) is 11.7. The SMILES string of the molecule is COC(=O)C1(N)CCSCC1.Cl.Cl.NC1(C(=O)O)CCSCC1. The highest BCUT2D eigenvalue weighted by Crippen LogP contribution is 2.25. The zero-order valence-electron chi connectivity index (χ0n) is 13.1. The van der Waals surface area contributed by atoms with Crippen molar-refractivity contribution in [2.24, 2.45) is 11.5 Å². The standard InChI is InChI=1S/C7H13NO2S.C6H11NO2S.2ClH/c1-10-6(9)7(8)2-4-11-5-3-7;7-6(5(8)9)1-3-10-4-2-6;;/h2-5,8H2,1H3;1-4,7H2,(H,8,9);2*1H. The first-order valence-electron chi connectivity index (χ1n) is 6.89. The van der Waals surface area contributed by atoms with Crippen molar-refractivity contribution >= 4 is 60.3 Å². The van der Waals surface area contributed by atoms with Gasteiger partial charge in [0.25, 0.3) is 0 Å². The summed E-state index contributed by atoms with van der Waals surface area (Å²) >= 11 is 3.61. The van der Waals surface area contributed by atoms with Crippen LogP contribution in [0, 0.1) is 0 Å². The number of carbonyl (C=O) groups is 2. The van der Waals surface area contributed by atoms with E-state index in [1.165, 1.54) is 7.11 Å². The number of nitrogens with two attached hydrogens (primary N) is 2. The van der Waals surface area contributed by atoms with Crippen LogP contribution in [0.1, 0.15) is 25.7 Å². The quantitative estimate of drug-likeness (QED) is 0.588. The van der Waals surface area contributed by atoms with Gasteiger partial charge in [-0.2, -0.15) is 23.5 Å². The summed E-state index contributed by atoms with van der Waals surface area (Å²) < 4.78 is 4.62. The summed E-state index contributed by atoms with van der Waals surface area (Å²) in [5.41, 5.74) is 9.79. The molecule has 0 aliphatic carbocycles. The molecule has 2 saturated heterocycles. The van der Waals surface area contributed by atoms with Crippen molar-refractivity contribution in [2.75, 3.05) is 30.1 Å². The Balaban J connectivity index is 0. The Morgan fingerprint density at radius 2 is 1.26 bits per heavy atom. The van der Waals surface area contributed by atoms with Gasteiger partial charge in [0, 0.05) is 0 Å². The molecule has 0 aromatic carbocycles. The van der Waals surface area contributed by atoms with Crippen molar-refractivity contribution in [1.29, 1.82) is 0 Å². The Morgan fingerprint density at radius 1 is 0.913 bits per heavy atom. The van der Waals surface area contributed by atoms with Crippen LogP contribution in [0.3, 0.4) is 0 Å². The van der Waals surface area contributed by atoms with Crippen LogP contribution < -0.4 is 11.5 Å². The van der Waals surface area contributed by atoms with E-state index < -0.39 is 17.0 Å².